The highest BCUT2D eigenvalue weighted by atomic mass is 35.5. The van der Waals surface area contributed by atoms with Gasteiger partial charge in [-0.25, -0.2) is 4.98 Å². The van der Waals surface area contributed by atoms with Gasteiger partial charge in [0.25, 0.3) is 0 Å². The van der Waals surface area contributed by atoms with Gasteiger partial charge in [0.15, 0.2) is 11.5 Å². The van der Waals surface area contributed by atoms with Crippen molar-refractivity contribution in [1.82, 2.24) is 4.98 Å². The van der Waals surface area contributed by atoms with E-state index in [1.165, 1.54) is 11.1 Å². The lowest BCUT2D eigenvalue weighted by Gasteiger charge is -2.30. The van der Waals surface area contributed by atoms with Crippen LogP contribution < -0.4 is 19.3 Å². The van der Waals surface area contributed by atoms with E-state index < -0.39 is 0 Å². The predicted molar refractivity (Wildman–Crippen MR) is 120 cm³/mol. The lowest BCUT2D eigenvalue weighted by atomic mass is 10.1. The van der Waals surface area contributed by atoms with E-state index in [1.807, 2.05) is 18.2 Å². The van der Waals surface area contributed by atoms with Crippen LogP contribution in [-0.2, 0) is 13.1 Å². The number of para-hydroxylation sites is 1. The maximum Gasteiger partial charge on any atom is 0.161 e. The molecule has 1 aromatic heterocycles. The summed E-state index contributed by atoms with van der Waals surface area (Å²) in [7, 11) is 3.38. The summed E-state index contributed by atoms with van der Waals surface area (Å²) in [5.41, 5.74) is 4.68. The number of aryl methyl sites for hydroxylation is 1. The summed E-state index contributed by atoms with van der Waals surface area (Å²) in [4.78, 5) is 7.76. The van der Waals surface area contributed by atoms with Gasteiger partial charge < -0.3 is 19.3 Å². The topological polar surface area (TPSA) is 40.2 Å². The number of fused-ring (bicyclic) bond motifs is 1. The molecule has 2 aromatic carbocycles. The van der Waals surface area contributed by atoms with Crippen LogP contribution in [0, 0.1) is 6.92 Å². The van der Waals surface area contributed by atoms with E-state index in [4.69, 9.17) is 21.1 Å². The molecule has 1 aliphatic rings. The first-order valence-corrected chi connectivity index (χ1v) is 10.9. The molecule has 0 unspecified atom stereocenters. The molecule has 0 aliphatic carbocycles. The second kappa shape index (κ2) is 9.21. The number of aromatic nitrogens is 1. The Morgan fingerprint density at radius 1 is 0.867 bits per heavy atom. The Hall–Kier alpha value is -2.34. The third kappa shape index (κ3) is 4.53. The second-order valence-corrected chi connectivity index (χ2v) is 8.48. The Kier molecular flexibility index (Phi) is 6.42. The van der Waals surface area contributed by atoms with Crippen LogP contribution in [-0.4, -0.2) is 45.4 Å². The molecule has 158 valence electrons. The van der Waals surface area contributed by atoms with Crippen LogP contribution in [0.3, 0.4) is 0 Å². The molecule has 5 nitrogen and oxygen atoms in total. The van der Waals surface area contributed by atoms with Crippen molar-refractivity contribution >= 4 is 22.5 Å². The number of piperazine rings is 1. The largest absolute Gasteiger partial charge is 0.493 e. The van der Waals surface area contributed by atoms with Crippen molar-refractivity contribution in [2.75, 3.05) is 40.4 Å². The van der Waals surface area contributed by atoms with Crippen LogP contribution in [0.25, 0.3) is 10.9 Å². The molecule has 0 spiro atoms. The van der Waals surface area contributed by atoms with E-state index in [1.54, 1.807) is 24.0 Å². The van der Waals surface area contributed by atoms with E-state index in [2.05, 4.69) is 36.2 Å². The van der Waals surface area contributed by atoms with Gasteiger partial charge in [-0.1, -0.05) is 29.8 Å². The molecule has 1 saturated heterocycles. The minimum Gasteiger partial charge on any atom is -0.493 e. The second-order valence-electron chi connectivity index (χ2n) is 8.12. The zero-order chi connectivity index (χ0) is 21.1. The SMILES string of the molecule is COc1cc(C)c(C[NH+]2CC[NH+](Cc3cc4ccccc4nc3Cl)CC2)cc1OC. The molecule has 0 radical (unpaired) electrons. The number of pyridine rings is 1. The molecule has 1 fully saturated rings. The summed E-state index contributed by atoms with van der Waals surface area (Å²) < 4.78 is 10.9. The standard InChI is InChI=1S/C24H28ClN3O2/c1-17-12-22(29-2)23(30-3)14-19(17)15-27-8-10-28(11-9-27)16-20-13-18-6-4-5-7-21(18)26-24(20)25/h4-7,12-14H,8-11,15-16H2,1-3H3/p+2. The van der Waals surface area contributed by atoms with Crippen molar-refractivity contribution in [2.45, 2.75) is 20.0 Å². The van der Waals surface area contributed by atoms with Crippen LogP contribution in [0.5, 0.6) is 11.5 Å². The van der Waals surface area contributed by atoms with E-state index in [0.29, 0.717) is 5.15 Å². The lowest BCUT2D eigenvalue weighted by Crippen LogP contribution is -3.27. The molecule has 0 amide bonds. The van der Waals surface area contributed by atoms with Crippen LogP contribution in [0.15, 0.2) is 42.5 Å². The first-order valence-electron chi connectivity index (χ1n) is 10.5. The zero-order valence-corrected chi connectivity index (χ0v) is 18.7. The number of halogens is 1. The number of hydrogen-bond donors (Lipinski definition) is 2. The molecule has 0 bridgehead atoms. The van der Waals surface area contributed by atoms with Gasteiger partial charge in [-0.3, -0.25) is 0 Å². The summed E-state index contributed by atoms with van der Waals surface area (Å²) in [6.07, 6.45) is 0. The van der Waals surface area contributed by atoms with E-state index in [0.717, 1.165) is 67.2 Å². The molecule has 2 heterocycles. The van der Waals surface area contributed by atoms with Crippen molar-refractivity contribution < 1.29 is 19.3 Å². The van der Waals surface area contributed by atoms with E-state index in [9.17, 15) is 0 Å². The monoisotopic (exact) mass is 427 g/mol. The number of methoxy groups -OCH3 is 2. The van der Waals surface area contributed by atoms with E-state index >= 15 is 0 Å². The predicted octanol–water partition coefficient (Wildman–Crippen LogP) is 1.70. The van der Waals surface area contributed by atoms with Gasteiger partial charge in [0.1, 0.15) is 44.4 Å². The van der Waals surface area contributed by atoms with Gasteiger partial charge in [0.05, 0.1) is 19.7 Å². The quantitative estimate of drug-likeness (QED) is 0.588. The molecule has 0 saturated carbocycles. The first-order chi connectivity index (χ1) is 14.6. The number of benzene rings is 2. The molecule has 4 rings (SSSR count). The fraction of sp³-hybridized carbons (Fsp3) is 0.375. The van der Waals surface area contributed by atoms with Crippen LogP contribution in [0.2, 0.25) is 5.15 Å². The number of hydrogen-bond acceptors (Lipinski definition) is 3. The van der Waals surface area contributed by atoms with Gasteiger partial charge in [-0.2, -0.15) is 0 Å². The van der Waals surface area contributed by atoms with Gasteiger partial charge in [0.2, 0.25) is 0 Å². The van der Waals surface area contributed by atoms with Crippen LogP contribution >= 0.6 is 11.6 Å². The normalized spacial score (nSPS) is 19.1. The fourth-order valence-electron chi connectivity index (χ4n) is 4.32. The molecular weight excluding hydrogens is 398 g/mol. The fourth-order valence-corrected chi connectivity index (χ4v) is 4.54. The summed E-state index contributed by atoms with van der Waals surface area (Å²) in [6, 6.07) is 14.6. The van der Waals surface area contributed by atoms with Gasteiger partial charge >= 0.3 is 0 Å². The Labute approximate surface area is 183 Å². The van der Waals surface area contributed by atoms with Crippen molar-refractivity contribution in [2.24, 2.45) is 0 Å². The van der Waals surface area contributed by atoms with E-state index in [-0.39, 0.29) is 0 Å². The maximum atomic E-state index is 6.48. The highest BCUT2D eigenvalue weighted by Crippen LogP contribution is 2.29. The van der Waals surface area contributed by atoms with Crippen molar-refractivity contribution in [1.29, 1.82) is 0 Å². The Morgan fingerprint density at radius 2 is 1.47 bits per heavy atom. The average molecular weight is 428 g/mol. The maximum absolute atomic E-state index is 6.48. The Bertz CT molecular complexity index is 1030. The molecular formula is C24H30ClN3O2+2. The third-order valence-electron chi connectivity index (χ3n) is 6.14. The number of nitrogens with one attached hydrogen (secondary N) is 2. The first kappa shape index (κ1) is 20.9. The van der Waals surface area contributed by atoms with Crippen molar-refractivity contribution in [3.05, 3.63) is 64.3 Å². The lowest BCUT2D eigenvalue weighted by molar-refractivity contribution is -1.02. The highest BCUT2D eigenvalue weighted by molar-refractivity contribution is 6.30. The zero-order valence-electron chi connectivity index (χ0n) is 17.9. The van der Waals surface area contributed by atoms with Gasteiger partial charge in [-0.15, -0.1) is 0 Å². The highest BCUT2D eigenvalue weighted by Gasteiger charge is 2.25. The summed E-state index contributed by atoms with van der Waals surface area (Å²) in [5, 5.41) is 1.79. The summed E-state index contributed by atoms with van der Waals surface area (Å²) in [6.45, 7) is 8.63. The minimum absolute atomic E-state index is 0.636. The van der Waals surface area contributed by atoms with Crippen LogP contribution in [0.4, 0.5) is 0 Å². The number of ether oxygens (including phenoxy) is 2. The molecule has 30 heavy (non-hydrogen) atoms. The van der Waals surface area contributed by atoms with Gasteiger partial charge in [0, 0.05) is 16.5 Å². The van der Waals surface area contributed by atoms with Gasteiger partial charge in [-0.05, 0) is 36.8 Å². The smallest absolute Gasteiger partial charge is 0.161 e. The Balaban J connectivity index is 1.38. The molecule has 0 atom stereocenters. The number of quaternary nitrogens is 2. The average Bonchev–Trinajstić information content (AvgIpc) is 2.76. The molecule has 3 aromatic rings. The third-order valence-corrected chi connectivity index (χ3v) is 6.46. The number of rotatable bonds is 6. The Morgan fingerprint density at radius 3 is 2.13 bits per heavy atom. The minimum atomic E-state index is 0.636. The number of nitrogens with zero attached hydrogens (tertiary/aromatic N) is 1. The molecule has 2 N–H and O–H groups in total. The van der Waals surface area contributed by atoms with Crippen LogP contribution in [0.1, 0.15) is 16.7 Å². The summed E-state index contributed by atoms with van der Waals surface area (Å²) in [5.74, 6) is 1.60. The van der Waals surface area contributed by atoms with Crippen molar-refractivity contribution in [3.63, 3.8) is 0 Å². The molecule has 1 aliphatic heterocycles. The molecule has 6 heteroatoms. The summed E-state index contributed by atoms with van der Waals surface area (Å²) >= 11 is 6.48. The van der Waals surface area contributed by atoms with Crippen molar-refractivity contribution in [3.8, 4) is 11.5 Å².